The van der Waals surface area contributed by atoms with Crippen LogP contribution in [0.4, 0.5) is 40.9 Å². The van der Waals surface area contributed by atoms with E-state index in [0.717, 1.165) is 12.1 Å². The highest BCUT2D eigenvalue weighted by atomic mass is 32.2. The maximum absolute atomic E-state index is 12.8. The zero-order valence-electron chi connectivity index (χ0n) is 31.5. The molecule has 0 amide bonds. The molecule has 6 aromatic rings. The van der Waals surface area contributed by atoms with Crippen LogP contribution < -0.4 is 26.2 Å². The Hall–Kier alpha value is -6.62. The maximum atomic E-state index is 12.8. The van der Waals surface area contributed by atoms with Crippen molar-refractivity contribution in [2.24, 2.45) is 0 Å². The number of nitrogens with one attached hydrogen (secondary N) is 2. The summed E-state index contributed by atoms with van der Waals surface area (Å²) in [6.07, 6.45) is 2.51. The van der Waals surface area contributed by atoms with Crippen molar-refractivity contribution in [3.63, 3.8) is 0 Å². The Labute approximate surface area is 339 Å². The molecule has 0 aliphatic carbocycles. The second-order valence-corrected chi connectivity index (χ2v) is 15.6. The Morgan fingerprint density at radius 3 is 1.53 bits per heavy atom. The molecule has 0 saturated heterocycles. The van der Waals surface area contributed by atoms with Crippen LogP contribution in [0.5, 0.6) is 0 Å². The number of hydrogen-bond donors (Lipinski definition) is 7. The number of nitrogen functional groups attached to an aromatic ring is 1. The number of nitrogens with two attached hydrogens (primary N) is 1. The van der Waals surface area contributed by atoms with Crippen LogP contribution in [0.3, 0.4) is 0 Å². The number of para-hydroxylation sites is 3. The first-order chi connectivity index (χ1) is 28.1. The average molecular weight is 842 g/mol. The molecule has 8 N–H and O–H groups in total. The van der Waals surface area contributed by atoms with Gasteiger partial charge in [-0.05, 0) is 47.5 Å². The molecule has 0 saturated carbocycles. The smallest absolute Gasteiger partial charge is 0.295 e. The largest absolute Gasteiger partial charge is 0.397 e. The van der Waals surface area contributed by atoms with Crippen LogP contribution in [0.1, 0.15) is 11.1 Å². The Morgan fingerprint density at radius 2 is 1.07 bits per heavy atom. The zero-order valence-corrected chi connectivity index (χ0v) is 33.2. The van der Waals surface area contributed by atoms with Crippen molar-refractivity contribution in [1.82, 2.24) is 29.9 Å². The summed E-state index contributed by atoms with van der Waals surface area (Å²) < 4.78 is 71.7. The first-order valence-electron chi connectivity index (χ1n) is 17.6. The molecule has 2 aromatic heterocycles. The molecule has 6 rings (SSSR count). The van der Waals surface area contributed by atoms with E-state index in [9.17, 15) is 36.2 Å². The van der Waals surface area contributed by atoms with E-state index in [4.69, 9.17) is 5.73 Å². The number of aliphatic hydroxyl groups is 2. The minimum absolute atomic E-state index is 0.00707. The van der Waals surface area contributed by atoms with Gasteiger partial charge in [-0.15, -0.1) is 0 Å². The molecule has 0 spiro atoms. The summed E-state index contributed by atoms with van der Waals surface area (Å²) in [5.74, 6) is 0.526. The second kappa shape index (κ2) is 17.9. The van der Waals surface area contributed by atoms with Crippen molar-refractivity contribution in [1.29, 1.82) is 0 Å². The van der Waals surface area contributed by atoms with E-state index in [1.165, 1.54) is 36.4 Å². The Kier molecular flexibility index (Phi) is 12.7. The molecule has 0 fully saturated rings. The van der Waals surface area contributed by atoms with Crippen molar-refractivity contribution < 1.29 is 36.2 Å². The molecule has 0 bridgehead atoms. The quantitative estimate of drug-likeness (QED) is 0.0412. The fraction of sp³-hybridized carbons (Fsp3) is 0.158. The lowest BCUT2D eigenvalue weighted by Gasteiger charge is -2.18. The molecular formula is C38H39N11O8S2. The first-order valence-corrected chi connectivity index (χ1v) is 20.5. The van der Waals surface area contributed by atoms with Crippen LogP contribution in [-0.2, 0) is 20.2 Å². The van der Waals surface area contributed by atoms with Crippen LogP contribution in [0.25, 0.3) is 34.9 Å². The summed E-state index contributed by atoms with van der Waals surface area (Å²) in [5, 5.41) is 25.1. The molecule has 21 heteroatoms. The van der Waals surface area contributed by atoms with Crippen molar-refractivity contribution in [2.45, 2.75) is 9.79 Å². The molecule has 19 nitrogen and oxygen atoms in total. The molecular weight excluding hydrogens is 803 g/mol. The van der Waals surface area contributed by atoms with E-state index >= 15 is 0 Å². The minimum Gasteiger partial charge on any atom is -0.397 e. The third-order valence-corrected chi connectivity index (χ3v) is 10.4. The Bertz CT molecular complexity index is 2720. The summed E-state index contributed by atoms with van der Waals surface area (Å²) in [6, 6.07) is 23.9. The molecule has 59 heavy (non-hydrogen) atoms. The van der Waals surface area contributed by atoms with Gasteiger partial charge in [0, 0.05) is 44.0 Å². The van der Waals surface area contributed by atoms with Crippen LogP contribution in [0, 0.1) is 0 Å². The third kappa shape index (κ3) is 10.5. The van der Waals surface area contributed by atoms with Crippen LogP contribution >= 0.6 is 0 Å². The van der Waals surface area contributed by atoms with Gasteiger partial charge in [0.15, 0.2) is 11.6 Å². The van der Waals surface area contributed by atoms with Gasteiger partial charge < -0.3 is 36.4 Å². The average Bonchev–Trinajstić information content (AvgIpc) is 3.20. The number of likely N-dealkylation sites (N-methyl/N-ethyl adjacent to an activating group) is 2. The Morgan fingerprint density at radius 1 is 0.610 bits per heavy atom. The van der Waals surface area contributed by atoms with Gasteiger partial charge in [-0.2, -0.15) is 46.7 Å². The number of nitrogens with zero attached hydrogens (tertiary/aromatic N) is 8. The summed E-state index contributed by atoms with van der Waals surface area (Å²) in [5.41, 5.74) is 7.91. The van der Waals surface area contributed by atoms with E-state index in [0.29, 0.717) is 17.1 Å². The topological polar surface area (TPSA) is 283 Å². The number of hydrogen-bond acceptors (Lipinski definition) is 17. The fourth-order valence-electron chi connectivity index (χ4n) is 5.57. The van der Waals surface area contributed by atoms with Crippen molar-refractivity contribution in [3.05, 3.63) is 102 Å². The molecule has 0 atom stereocenters. The van der Waals surface area contributed by atoms with E-state index in [1.807, 2.05) is 18.2 Å². The lowest BCUT2D eigenvalue weighted by Crippen LogP contribution is -2.24. The summed E-state index contributed by atoms with van der Waals surface area (Å²) in [4.78, 5) is 28.7. The van der Waals surface area contributed by atoms with E-state index < -0.39 is 30.0 Å². The highest BCUT2D eigenvalue weighted by molar-refractivity contribution is 7.86. The summed E-state index contributed by atoms with van der Waals surface area (Å²) >= 11 is 0. The van der Waals surface area contributed by atoms with Gasteiger partial charge in [-0.25, -0.2) is 0 Å². The first kappa shape index (κ1) is 42.0. The SMILES string of the molecule is CN(CCO)c1nc(Nc2ccccc2)nc(-c2ccc(C=Cc3ccc(-c4nc(Nc5ccccc5N)nc(N(C)CCO)n4)cc3S(=O)(=O)O)c(S(=O)(=O)O)c2)n1. The molecule has 0 radical (unpaired) electrons. The fourth-order valence-corrected chi connectivity index (χ4v) is 6.99. The van der Waals surface area contributed by atoms with E-state index in [-0.39, 0.29) is 84.0 Å². The lowest BCUT2D eigenvalue weighted by molar-refractivity contribution is 0.303. The highest BCUT2D eigenvalue weighted by Gasteiger charge is 2.21. The number of anilines is 7. The van der Waals surface area contributed by atoms with Gasteiger partial charge >= 0.3 is 0 Å². The monoisotopic (exact) mass is 841 g/mol. The van der Waals surface area contributed by atoms with E-state index in [2.05, 4.69) is 40.5 Å². The van der Waals surface area contributed by atoms with Crippen LogP contribution in [0.15, 0.2) is 101 Å². The molecule has 0 aliphatic rings. The van der Waals surface area contributed by atoms with Crippen molar-refractivity contribution in [3.8, 4) is 22.8 Å². The zero-order chi connectivity index (χ0) is 42.3. The number of aliphatic hydroxyl groups excluding tert-OH is 2. The van der Waals surface area contributed by atoms with Crippen molar-refractivity contribution in [2.75, 3.05) is 66.6 Å². The van der Waals surface area contributed by atoms with Crippen LogP contribution in [0.2, 0.25) is 0 Å². The third-order valence-electron chi connectivity index (χ3n) is 8.58. The van der Waals surface area contributed by atoms with Crippen molar-refractivity contribution >= 4 is 73.2 Å². The highest BCUT2D eigenvalue weighted by Crippen LogP contribution is 2.31. The standard InChI is InChI=1S/C38H39N11O8S2/c1-48(18-20-50)37-44-33(42-35(46-37)40-28-8-4-3-5-9-28)26-16-14-24(31(22-26)58(52,53)54)12-13-25-15-17-27(23-32(25)59(55,56)57)34-43-36(41-30-11-7-6-10-29(30)39)47-38(45-34)49(2)19-21-51/h3-17,22-23,50-51H,18-21,39H2,1-2H3,(H,52,53,54)(H,55,56,57)(H,40,42,44,46)(H,41,43,45,47). The molecule has 0 unspecified atom stereocenters. The minimum atomic E-state index is -4.90. The lowest BCUT2D eigenvalue weighted by atomic mass is 10.1. The normalized spacial score (nSPS) is 11.8. The van der Waals surface area contributed by atoms with Gasteiger partial charge in [0.2, 0.25) is 23.8 Å². The summed E-state index contributed by atoms with van der Waals surface area (Å²) in [7, 11) is -6.50. The number of benzene rings is 4. The molecule has 306 valence electrons. The predicted molar refractivity (Wildman–Crippen MR) is 224 cm³/mol. The van der Waals surface area contributed by atoms with Gasteiger partial charge in [0.1, 0.15) is 9.79 Å². The molecule has 4 aromatic carbocycles. The molecule has 2 heterocycles. The van der Waals surface area contributed by atoms with Gasteiger partial charge in [-0.3, -0.25) is 9.11 Å². The number of aromatic nitrogens is 6. The van der Waals surface area contributed by atoms with Gasteiger partial charge in [-0.1, -0.05) is 66.7 Å². The van der Waals surface area contributed by atoms with Crippen LogP contribution in [-0.4, -0.2) is 106 Å². The van der Waals surface area contributed by atoms with Gasteiger partial charge in [0.25, 0.3) is 20.2 Å². The maximum Gasteiger partial charge on any atom is 0.295 e. The van der Waals surface area contributed by atoms with E-state index in [1.54, 1.807) is 60.3 Å². The summed E-state index contributed by atoms with van der Waals surface area (Å²) in [6.45, 7) is -0.0641. The predicted octanol–water partition coefficient (Wildman–Crippen LogP) is 3.98. The Balaban J connectivity index is 1.39. The molecule has 0 aliphatic heterocycles. The van der Waals surface area contributed by atoms with Gasteiger partial charge in [0.05, 0.1) is 24.6 Å². The number of rotatable bonds is 16. The second-order valence-electron chi connectivity index (χ2n) is 12.8.